The van der Waals surface area contributed by atoms with Crippen LogP contribution >= 0.6 is 0 Å². The van der Waals surface area contributed by atoms with Crippen LogP contribution in [0.3, 0.4) is 0 Å². The summed E-state index contributed by atoms with van der Waals surface area (Å²) in [6.45, 7) is 9.57. The van der Waals surface area contributed by atoms with E-state index in [2.05, 4.69) is 13.8 Å². The third kappa shape index (κ3) is 5.46. The van der Waals surface area contributed by atoms with Gasteiger partial charge in [0.2, 0.25) is 17.7 Å². The summed E-state index contributed by atoms with van der Waals surface area (Å²) >= 11 is 0. The summed E-state index contributed by atoms with van der Waals surface area (Å²) in [4.78, 5) is 43.1. The first-order chi connectivity index (χ1) is 13.4. The molecular formula is C21H35N3O4. The molecule has 0 bridgehead atoms. The van der Waals surface area contributed by atoms with Crippen LogP contribution in [0.15, 0.2) is 0 Å². The fraction of sp³-hybridized carbons (Fsp3) is 0.857. The van der Waals surface area contributed by atoms with Crippen LogP contribution < -0.4 is 0 Å². The molecule has 3 heterocycles. The SMILES string of the molecule is CC(C)CCC(=O)N1CCC(CN2CC(C(=O)N3CCOCC3)CC2=O)CC1. The van der Waals surface area contributed by atoms with Gasteiger partial charge in [0.15, 0.2) is 0 Å². The number of likely N-dealkylation sites (tertiary alicyclic amines) is 2. The standard InChI is InChI=1S/C21H35N3O4/c1-16(2)3-4-19(25)22-7-5-17(6-8-22)14-24-15-18(13-20(24)26)21(27)23-9-11-28-12-10-23/h16-18H,3-15H2,1-2H3. The third-order valence-electron chi connectivity index (χ3n) is 6.27. The summed E-state index contributed by atoms with van der Waals surface area (Å²) in [6.07, 6.45) is 3.80. The summed E-state index contributed by atoms with van der Waals surface area (Å²) in [6, 6.07) is 0. The highest BCUT2D eigenvalue weighted by Crippen LogP contribution is 2.25. The first kappa shape index (κ1) is 21.1. The molecule has 0 aromatic rings. The van der Waals surface area contributed by atoms with E-state index in [1.54, 1.807) is 0 Å². The molecule has 3 rings (SSSR count). The molecule has 28 heavy (non-hydrogen) atoms. The molecule has 0 saturated carbocycles. The minimum absolute atomic E-state index is 0.0991. The molecule has 0 aromatic carbocycles. The zero-order valence-corrected chi connectivity index (χ0v) is 17.4. The predicted octanol–water partition coefficient (Wildman–Crippen LogP) is 1.37. The van der Waals surface area contributed by atoms with Crippen LogP contribution in [0.25, 0.3) is 0 Å². The molecular weight excluding hydrogens is 358 g/mol. The molecule has 1 atom stereocenters. The first-order valence-electron chi connectivity index (χ1n) is 10.9. The normalized spacial score (nSPS) is 24.3. The van der Waals surface area contributed by atoms with Gasteiger partial charge >= 0.3 is 0 Å². The maximum Gasteiger partial charge on any atom is 0.228 e. The lowest BCUT2D eigenvalue weighted by Gasteiger charge is -2.34. The van der Waals surface area contributed by atoms with E-state index in [1.165, 1.54) is 0 Å². The van der Waals surface area contributed by atoms with E-state index in [9.17, 15) is 14.4 Å². The lowest BCUT2D eigenvalue weighted by atomic mass is 9.95. The Morgan fingerprint density at radius 3 is 2.39 bits per heavy atom. The number of carbonyl (C=O) groups is 3. The Hall–Kier alpha value is -1.63. The van der Waals surface area contributed by atoms with E-state index in [0.717, 1.165) is 38.9 Å². The van der Waals surface area contributed by atoms with E-state index >= 15 is 0 Å². The molecule has 0 N–H and O–H groups in total. The number of carbonyl (C=O) groups excluding carboxylic acids is 3. The number of hydrogen-bond acceptors (Lipinski definition) is 4. The van der Waals surface area contributed by atoms with Crippen LogP contribution in [-0.4, -0.2) is 84.9 Å². The van der Waals surface area contributed by atoms with Crippen molar-refractivity contribution < 1.29 is 19.1 Å². The van der Waals surface area contributed by atoms with E-state index in [1.807, 2.05) is 14.7 Å². The van der Waals surface area contributed by atoms with Gasteiger partial charge < -0.3 is 19.4 Å². The summed E-state index contributed by atoms with van der Waals surface area (Å²) < 4.78 is 5.31. The number of rotatable bonds is 6. The minimum Gasteiger partial charge on any atom is -0.378 e. The van der Waals surface area contributed by atoms with Crippen LogP contribution in [0.2, 0.25) is 0 Å². The number of morpholine rings is 1. The zero-order chi connectivity index (χ0) is 20.1. The highest BCUT2D eigenvalue weighted by atomic mass is 16.5. The number of amides is 3. The molecule has 1 unspecified atom stereocenters. The Morgan fingerprint density at radius 2 is 1.75 bits per heavy atom. The third-order valence-corrected chi connectivity index (χ3v) is 6.27. The first-order valence-corrected chi connectivity index (χ1v) is 10.9. The van der Waals surface area contributed by atoms with Crippen molar-refractivity contribution in [1.29, 1.82) is 0 Å². The van der Waals surface area contributed by atoms with E-state index in [4.69, 9.17) is 4.74 Å². The lowest BCUT2D eigenvalue weighted by molar-refractivity contribution is -0.139. The van der Waals surface area contributed by atoms with Gasteiger partial charge in [0.05, 0.1) is 19.1 Å². The van der Waals surface area contributed by atoms with Gasteiger partial charge in [0.25, 0.3) is 0 Å². The molecule has 3 fully saturated rings. The number of nitrogens with zero attached hydrogens (tertiary/aromatic N) is 3. The Labute approximate surface area is 168 Å². The topological polar surface area (TPSA) is 70.2 Å². The Balaban J connectivity index is 1.42. The van der Waals surface area contributed by atoms with Crippen molar-refractivity contribution in [2.24, 2.45) is 17.8 Å². The lowest BCUT2D eigenvalue weighted by Crippen LogP contribution is -2.44. The molecule has 0 aliphatic carbocycles. The summed E-state index contributed by atoms with van der Waals surface area (Å²) in [5, 5.41) is 0. The van der Waals surface area contributed by atoms with Crippen LogP contribution in [-0.2, 0) is 19.1 Å². The van der Waals surface area contributed by atoms with Crippen molar-refractivity contribution in [2.45, 2.75) is 46.0 Å². The highest BCUT2D eigenvalue weighted by Gasteiger charge is 2.38. The maximum atomic E-state index is 12.7. The van der Waals surface area contributed by atoms with E-state index < -0.39 is 0 Å². The Morgan fingerprint density at radius 1 is 1.07 bits per heavy atom. The fourth-order valence-electron chi connectivity index (χ4n) is 4.40. The molecule has 0 spiro atoms. The van der Waals surface area contributed by atoms with Gasteiger partial charge in [-0.25, -0.2) is 0 Å². The van der Waals surface area contributed by atoms with Gasteiger partial charge in [-0.1, -0.05) is 13.8 Å². The van der Waals surface area contributed by atoms with E-state index in [0.29, 0.717) is 57.5 Å². The molecule has 158 valence electrons. The van der Waals surface area contributed by atoms with Crippen molar-refractivity contribution in [3.63, 3.8) is 0 Å². The highest BCUT2D eigenvalue weighted by molar-refractivity contribution is 5.89. The van der Waals surface area contributed by atoms with Crippen molar-refractivity contribution in [2.75, 3.05) is 52.5 Å². The molecule has 7 nitrogen and oxygen atoms in total. The van der Waals surface area contributed by atoms with Crippen LogP contribution in [0.1, 0.15) is 46.0 Å². The van der Waals surface area contributed by atoms with Crippen LogP contribution in [0, 0.1) is 17.8 Å². The van der Waals surface area contributed by atoms with E-state index in [-0.39, 0.29) is 23.6 Å². The second-order valence-electron chi connectivity index (χ2n) is 8.89. The average molecular weight is 394 g/mol. The zero-order valence-electron chi connectivity index (χ0n) is 17.4. The van der Waals surface area contributed by atoms with Gasteiger partial charge in [0.1, 0.15) is 0 Å². The molecule has 7 heteroatoms. The maximum absolute atomic E-state index is 12.7. The van der Waals surface area contributed by atoms with Gasteiger partial charge in [-0.15, -0.1) is 0 Å². The number of hydrogen-bond donors (Lipinski definition) is 0. The minimum atomic E-state index is -0.205. The van der Waals surface area contributed by atoms with Gasteiger partial charge in [0, 0.05) is 52.1 Å². The van der Waals surface area contributed by atoms with Crippen molar-refractivity contribution in [3.8, 4) is 0 Å². The predicted molar refractivity (Wildman–Crippen MR) is 105 cm³/mol. The molecule has 3 saturated heterocycles. The summed E-state index contributed by atoms with van der Waals surface area (Å²) in [7, 11) is 0. The Bertz CT molecular complexity index is 566. The van der Waals surface area contributed by atoms with Crippen molar-refractivity contribution >= 4 is 17.7 Å². The second-order valence-corrected chi connectivity index (χ2v) is 8.89. The summed E-state index contributed by atoms with van der Waals surface area (Å²) in [5.74, 6) is 1.24. The quantitative estimate of drug-likeness (QED) is 0.683. The molecule has 3 amide bonds. The number of ether oxygens (including phenoxy) is 1. The molecule has 3 aliphatic rings. The molecule has 0 aromatic heterocycles. The second kappa shape index (κ2) is 9.72. The van der Waals surface area contributed by atoms with Crippen molar-refractivity contribution in [1.82, 2.24) is 14.7 Å². The largest absolute Gasteiger partial charge is 0.378 e. The number of piperidine rings is 1. The van der Waals surface area contributed by atoms with Gasteiger partial charge in [-0.3, -0.25) is 14.4 Å². The van der Waals surface area contributed by atoms with Crippen molar-refractivity contribution in [3.05, 3.63) is 0 Å². The fourth-order valence-corrected chi connectivity index (χ4v) is 4.40. The monoisotopic (exact) mass is 393 g/mol. The smallest absolute Gasteiger partial charge is 0.228 e. The van der Waals surface area contributed by atoms with Crippen LogP contribution in [0.4, 0.5) is 0 Å². The van der Waals surface area contributed by atoms with Gasteiger partial charge in [-0.05, 0) is 31.1 Å². The molecule has 3 aliphatic heterocycles. The summed E-state index contributed by atoms with van der Waals surface area (Å²) in [5.41, 5.74) is 0. The average Bonchev–Trinajstić information content (AvgIpc) is 3.07. The Kier molecular flexibility index (Phi) is 7.32. The molecule has 0 radical (unpaired) electrons. The van der Waals surface area contributed by atoms with Crippen LogP contribution in [0.5, 0.6) is 0 Å². The van der Waals surface area contributed by atoms with Gasteiger partial charge in [-0.2, -0.15) is 0 Å².